The van der Waals surface area contributed by atoms with Crippen molar-refractivity contribution in [3.63, 3.8) is 0 Å². The van der Waals surface area contributed by atoms with Crippen molar-refractivity contribution in [3.05, 3.63) is 42.1 Å². The summed E-state index contributed by atoms with van der Waals surface area (Å²) in [4.78, 5) is 10.8. The van der Waals surface area contributed by atoms with E-state index in [0.717, 1.165) is 10.9 Å². The summed E-state index contributed by atoms with van der Waals surface area (Å²) in [5.74, 6) is 0. The van der Waals surface area contributed by atoms with Gasteiger partial charge in [-0.1, -0.05) is 29.2 Å². The van der Waals surface area contributed by atoms with E-state index in [2.05, 4.69) is 9.82 Å². The van der Waals surface area contributed by atoms with Gasteiger partial charge in [-0.3, -0.25) is 9.82 Å². The van der Waals surface area contributed by atoms with Crippen molar-refractivity contribution in [3.8, 4) is 0 Å². The lowest BCUT2D eigenvalue weighted by atomic mass is 10.2. The molecule has 0 spiro atoms. The van der Waals surface area contributed by atoms with Crippen LogP contribution in [0, 0.1) is 0 Å². The quantitative estimate of drug-likeness (QED) is 0.856. The number of hydrogen-bond donors (Lipinski definition) is 1. The van der Waals surface area contributed by atoms with Crippen molar-refractivity contribution in [2.24, 2.45) is 0 Å². The van der Waals surface area contributed by atoms with Crippen LogP contribution >= 0.6 is 0 Å². The third-order valence-electron chi connectivity index (χ3n) is 2.70. The molecule has 0 aliphatic rings. The number of hydrogen-bond acceptors (Lipinski definition) is 4. The topological polar surface area (TPSA) is 68.3 Å². The maximum absolute atomic E-state index is 11.8. The van der Waals surface area contributed by atoms with Crippen LogP contribution in [-0.4, -0.2) is 20.5 Å². The van der Waals surface area contributed by atoms with Crippen molar-refractivity contribution < 1.29 is 13.3 Å². The second-order valence-electron chi connectivity index (χ2n) is 3.90. The highest BCUT2D eigenvalue weighted by molar-refractivity contribution is 7.89. The Morgan fingerprint density at radius 3 is 2.67 bits per heavy atom. The minimum absolute atomic E-state index is 0.484. The van der Waals surface area contributed by atoms with Gasteiger partial charge in [-0.2, -0.15) is 0 Å². The van der Waals surface area contributed by atoms with Crippen LogP contribution in [0.4, 0.5) is 0 Å². The van der Waals surface area contributed by atoms with Crippen LogP contribution in [0.5, 0.6) is 0 Å². The highest BCUT2D eigenvalue weighted by atomic mass is 32.2. The first-order valence-electron chi connectivity index (χ1n) is 5.44. The first-order valence-corrected chi connectivity index (χ1v) is 6.98. The summed E-state index contributed by atoms with van der Waals surface area (Å²) in [6.07, 6.45) is 0. The molecule has 0 saturated heterocycles. The van der Waals surface area contributed by atoms with Gasteiger partial charge >= 0.3 is 0 Å². The van der Waals surface area contributed by atoms with E-state index in [0.29, 0.717) is 5.69 Å². The molecule has 1 unspecified atom stereocenters. The number of nitrogens with zero attached hydrogens (tertiary/aromatic N) is 1. The van der Waals surface area contributed by atoms with Crippen molar-refractivity contribution >= 4 is 20.9 Å². The molecule has 2 rings (SSSR count). The predicted octanol–water partition coefficient (Wildman–Crippen LogP) is 1.78. The number of sulfonamides is 1. The zero-order chi connectivity index (χ0) is 13.2. The molecule has 0 aliphatic carbocycles. The average Bonchev–Trinajstić information content (AvgIpc) is 2.37. The number of rotatable bonds is 4. The largest absolute Gasteiger partial charge is 0.290 e. The second-order valence-corrected chi connectivity index (χ2v) is 5.87. The number of fused-ring (bicyclic) bond motifs is 1. The highest BCUT2D eigenvalue weighted by Crippen LogP contribution is 2.21. The summed E-state index contributed by atoms with van der Waals surface area (Å²) in [7, 11) is -2.30. The Morgan fingerprint density at radius 1 is 1.22 bits per heavy atom. The van der Waals surface area contributed by atoms with Crippen LogP contribution in [0.2, 0.25) is 0 Å². The second kappa shape index (κ2) is 5.01. The van der Waals surface area contributed by atoms with Gasteiger partial charge in [0.2, 0.25) is 10.0 Å². The first-order chi connectivity index (χ1) is 8.54. The lowest BCUT2D eigenvalue weighted by Gasteiger charge is -2.12. The Hall–Kier alpha value is -1.50. The van der Waals surface area contributed by atoms with Gasteiger partial charge in [0.05, 0.1) is 18.3 Å². The van der Waals surface area contributed by atoms with E-state index in [1.807, 2.05) is 35.2 Å². The predicted molar refractivity (Wildman–Crippen MR) is 69.2 cm³/mol. The summed E-state index contributed by atoms with van der Waals surface area (Å²) < 4.78 is 23.6. The summed E-state index contributed by atoms with van der Waals surface area (Å²) in [5, 5.41) is 0.201. The zero-order valence-electron chi connectivity index (χ0n) is 10.1. The number of aromatic nitrogens is 1. The fourth-order valence-corrected chi connectivity index (χ4v) is 2.48. The third-order valence-corrected chi connectivity index (χ3v) is 4.27. The highest BCUT2D eigenvalue weighted by Gasteiger charge is 2.23. The molecule has 0 fully saturated rings. The molecule has 0 aliphatic heterocycles. The average molecular weight is 266 g/mol. The van der Waals surface area contributed by atoms with E-state index in [-0.39, 0.29) is 0 Å². The fraction of sp³-hybridized carbons (Fsp3) is 0.250. The van der Waals surface area contributed by atoms with E-state index in [9.17, 15) is 8.42 Å². The molecule has 1 aromatic carbocycles. The lowest BCUT2D eigenvalue weighted by molar-refractivity contribution is 0.152. The maximum atomic E-state index is 11.8. The minimum Gasteiger partial charge on any atom is -0.290 e. The molecule has 0 saturated carbocycles. The molecule has 1 aromatic heterocycles. The monoisotopic (exact) mass is 266 g/mol. The van der Waals surface area contributed by atoms with E-state index >= 15 is 0 Å². The molecule has 2 aromatic rings. The van der Waals surface area contributed by atoms with Crippen molar-refractivity contribution in [2.45, 2.75) is 12.2 Å². The summed E-state index contributed by atoms with van der Waals surface area (Å²) in [6, 6.07) is 11.1. The van der Waals surface area contributed by atoms with Crippen LogP contribution in [-0.2, 0) is 14.9 Å². The zero-order valence-corrected chi connectivity index (χ0v) is 10.9. The maximum Gasteiger partial charge on any atom is 0.241 e. The molecular formula is C12H14N2O3S. The van der Waals surface area contributed by atoms with E-state index < -0.39 is 15.3 Å². The van der Waals surface area contributed by atoms with Crippen LogP contribution in [0.15, 0.2) is 36.4 Å². The van der Waals surface area contributed by atoms with Crippen molar-refractivity contribution in [1.82, 2.24) is 9.87 Å². The fourth-order valence-electron chi connectivity index (χ4n) is 1.66. The van der Waals surface area contributed by atoms with Crippen molar-refractivity contribution in [1.29, 1.82) is 0 Å². The first kappa shape index (κ1) is 12.9. The molecule has 1 heterocycles. The standard InChI is InChI=1S/C12H14N2O3S/c1-9(18(15,16)14-17-2)11-8-7-10-5-3-4-6-12(10)13-11/h3-9,14H,1-2H3. The Labute approximate surface area is 106 Å². The van der Waals surface area contributed by atoms with E-state index in [4.69, 9.17) is 0 Å². The van der Waals surface area contributed by atoms with Gasteiger partial charge in [-0.25, -0.2) is 8.42 Å². The molecule has 18 heavy (non-hydrogen) atoms. The molecule has 0 bridgehead atoms. The Bertz CT molecular complexity index is 655. The summed E-state index contributed by atoms with van der Waals surface area (Å²) in [6.45, 7) is 1.57. The number of nitrogens with one attached hydrogen (secondary N) is 1. The third kappa shape index (κ3) is 2.50. The molecule has 96 valence electrons. The van der Waals surface area contributed by atoms with Crippen molar-refractivity contribution in [2.75, 3.05) is 7.11 Å². The Morgan fingerprint density at radius 2 is 1.94 bits per heavy atom. The lowest BCUT2D eigenvalue weighted by Crippen LogP contribution is -2.27. The summed E-state index contributed by atoms with van der Waals surface area (Å²) >= 11 is 0. The van der Waals surface area contributed by atoms with Crippen LogP contribution in [0.25, 0.3) is 10.9 Å². The molecule has 6 heteroatoms. The van der Waals surface area contributed by atoms with Crippen LogP contribution in [0.1, 0.15) is 17.9 Å². The molecule has 5 nitrogen and oxygen atoms in total. The van der Waals surface area contributed by atoms with Crippen LogP contribution in [0.3, 0.4) is 0 Å². The van der Waals surface area contributed by atoms with E-state index in [1.165, 1.54) is 7.11 Å². The molecule has 1 atom stereocenters. The molecular weight excluding hydrogens is 252 g/mol. The normalized spacial score (nSPS) is 13.7. The summed E-state index contributed by atoms with van der Waals surface area (Å²) in [5.41, 5.74) is 1.26. The van der Waals surface area contributed by atoms with Gasteiger partial charge in [0.1, 0.15) is 5.25 Å². The van der Waals surface area contributed by atoms with Gasteiger partial charge in [0.25, 0.3) is 0 Å². The van der Waals surface area contributed by atoms with Crippen LogP contribution < -0.4 is 4.89 Å². The van der Waals surface area contributed by atoms with Gasteiger partial charge in [-0.05, 0) is 19.1 Å². The Kier molecular flexibility index (Phi) is 3.60. The van der Waals surface area contributed by atoms with E-state index in [1.54, 1.807) is 13.0 Å². The number of para-hydroxylation sites is 1. The number of benzene rings is 1. The van der Waals surface area contributed by atoms with Gasteiger partial charge < -0.3 is 0 Å². The SMILES string of the molecule is CONS(=O)(=O)C(C)c1ccc2ccccc2n1. The van der Waals surface area contributed by atoms with Gasteiger partial charge in [-0.15, -0.1) is 0 Å². The molecule has 1 N–H and O–H groups in total. The minimum atomic E-state index is -3.57. The molecule has 0 radical (unpaired) electrons. The molecule has 0 amide bonds. The Balaban J connectivity index is 2.42. The smallest absolute Gasteiger partial charge is 0.241 e. The van der Waals surface area contributed by atoms with Gasteiger partial charge in [0.15, 0.2) is 0 Å². The number of pyridine rings is 1. The van der Waals surface area contributed by atoms with Gasteiger partial charge in [0, 0.05) is 5.39 Å².